The minimum atomic E-state index is -0.305. The Kier molecular flexibility index (Phi) is 6.41. The first-order valence-electron chi connectivity index (χ1n) is 9.33. The lowest BCUT2D eigenvalue weighted by atomic mass is 9.91. The molecule has 27 heavy (non-hydrogen) atoms. The molecule has 1 aromatic heterocycles. The predicted octanol–water partition coefficient (Wildman–Crippen LogP) is 2.71. The summed E-state index contributed by atoms with van der Waals surface area (Å²) in [6.07, 6.45) is 3.82. The van der Waals surface area contributed by atoms with E-state index < -0.39 is 0 Å². The molecular formula is C21H25N3O3. The number of benzene rings is 1. The van der Waals surface area contributed by atoms with Gasteiger partial charge in [0.05, 0.1) is 12.5 Å². The second-order valence-electron chi connectivity index (χ2n) is 6.53. The van der Waals surface area contributed by atoms with Gasteiger partial charge in [-0.15, -0.1) is 0 Å². The highest BCUT2D eigenvalue weighted by molar-refractivity contribution is 5.84. The van der Waals surface area contributed by atoms with Crippen molar-refractivity contribution < 1.29 is 14.3 Å². The van der Waals surface area contributed by atoms with Crippen molar-refractivity contribution in [1.29, 1.82) is 0 Å². The van der Waals surface area contributed by atoms with E-state index in [1.165, 1.54) is 0 Å². The number of amides is 2. The van der Waals surface area contributed by atoms with E-state index in [0.717, 1.165) is 11.1 Å². The molecule has 1 aliphatic heterocycles. The van der Waals surface area contributed by atoms with E-state index in [0.29, 0.717) is 39.2 Å². The molecule has 0 spiro atoms. The van der Waals surface area contributed by atoms with Crippen molar-refractivity contribution in [2.75, 3.05) is 32.8 Å². The molecule has 2 aromatic rings. The van der Waals surface area contributed by atoms with Gasteiger partial charge in [-0.3, -0.25) is 9.78 Å². The summed E-state index contributed by atoms with van der Waals surface area (Å²) in [6, 6.07) is 13.8. The lowest BCUT2D eigenvalue weighted by Crippen LogP contribution is -2.52. The van der Waals surface area contributed by atoms with E-state index in [2.05, 4.69) is 4.98 Å². The first-order chi connectivity index (χ1) is 13.2. The van der Waals surface area contributed by atoms with Crippen molar-refractivity contribution in [3.63, 3.8) is 0 Å². The number of pyridine rings is 1. The van der Waals surface area contributed by atoms with Gasteiger partial charge in [-0.25, -0.2) is 4.79 Å². The summed E-state index contributed by atoms with van der Waals surface area (Å²) < 4.78 is 5.05. The maximum atomic E-state index is 13.3. The lowest BCUT2D eigenvalue weighted by Gasteiger charge is -2.36. The summed E-state index contributed by atoms with van der Waals surface area (Å²) in [5, 5.41) is 0. The number of nitrogens with zero attached hydrogens (tertiary/aromatic N) is 3. The van der Waals surface area contributed by atoms with E-state index in [9.17, 15) is 9.59 Å². The van der Waals surface area contributed by atoms with Crippen LogP contribution in [0.5, 0.6) is 0 Å². The lowest BCUT2D eigenvalue weighted by molar-refractivity contribution is -0.134. The van der Waals surface area contributed by atoms with Crippen molar-refractivity contribution in [1.82, 2.24) is 14.8 Å². The highest BCUT2D eigenvalue weighted by atomic mass is 16.6. The standard InChI is InChI=1S/C21H25N3O3/c1-2-27-21(26)24-14-12-23(13-15-24)20(25)19(18-6-4-3-5-7-18)16-17-8-10-22-11-9-17/h3-11,19H,2,12-16H2,1H3. The number of ether oxygens (including phenoxy) is 1. The molecular weight excluding hydrogens is 342 g/mol. The average Bonchev–Trinajstić information content (AvgIpc) is 2.73. The molecule has 1 aromatic carbocycles. The SMILES string of the molecule is CCOC(=O)N1CCN(C(=O)C(Cc2ccncc2)c2ccccc2)CC1. The zero-order valence-electron chi connectivity index (χ0n) is 15.6. The van der Waals surface area contributed by atoms with Crippen LogP contribution < -0.4 is 0 Å². The van der Waals surface area contributed by atoms with E-state index in [1.807, 2.05) is 47.4 Å². The Morgan fingerprint density at radius 1 is 1.00 bits per heavy atom. The van der Waals surface area contributed by atoms with Crippen molar-refractivity contribution in [3.8, 4) is 0 Å². The molecule has 1 saturated heterocycles. The zero-order chi connectivity index (χ0) is 19.1. The number of hydrogen-bond donors (Lipinski definition) is 0. The van der Waals surface area contributed by atoms with Gasteiger partial charge in [0.15, 0.2) is 0 Å². The number of aromatic nitrogens is 1. The Labute approximate surface area is 159 Å². The van der Waals surface area contributed by atoms with Crippen molar-refractivity contribution in [3.05, 3.63) is 66.0 Å². The predicted molar refractivity (Wildman–Crippen MR) is 102 cm³/mol. The normalized spacial score (nSPS) is 15.3. The third kappa shape index (κ3) is 4.84. The van der Waals surface area contributed by atoms with Crippen LogP contribution in [0.4, 0.5) is 4.79 Å². The van der Waals surface area contributed by atoms with Crippen LogP contribution in [-0.2, 0) is 16.0 Å². The zero-order valence-corrected chi connectivity index (χ0v) is 15.6. The van der Waals surface area contributed by atoms with Gasteiger partial charge < -0.3 is 14.5 Å². The van der Waals surface area contributed by atoms with Crippen LogP contribution in [0.2, 0.25) is 0 Å². The van der Waals surface area contributed by atoms with Crippen LogP contribution in [-0.4, -0.2) is 59.6 Å². The Bertz CT molecular complexity index is 744. The van der Waals surface area contributed by atoms with Crippen LogP contribution in [0.15, 0.2) is 54.9 Å². The van der Waals surface area contributed by atoms with Crippen LogP contribution in [0.3, 0.4) is 0 Å². The number of hydrogen-bond acceptors (Lipinski definition) is 4. The maximum Gasteiger partial charge on any atom is 0.409 e. The summed E-state index contributed by atoms with van der Waals surface area (Å²) in [5.41, 5.74) is 2.09. The number of piperazine rings is 1. The molecule has 2 heterocycles. The second kappa shape index (κ2) is 9.16. The number of rotatable bonds is 5. The first kappa shape index (κ1) is 18.9. The van der Waals surface area contributed by atoms with E-state index in [1.54, 1.807) is 24.2 Å². The van der Waals surface area contributed by atoms with Gasteiger partial charge in [-0.1, -0.05) is 30.3 Å². The van der Waals surface area contributed by atoms with E-state index >= 15 is 0 Å². The summed E-state index contributed by atoms with van der Waals surface area (Å²) in [6.45, 7) is 4.21. The second-order valence-corrected chi connectivity index (χ2v) is 6.53. The van der Waals surface area contributed by atoms with Gasteiger partial charge in [0.2, 0.25) is 5.91 Å². The Hall–Kier alpha value is -2.89. The first-order valence-corrected chi connectivity index (χ1v) is 9.33. The number of carbonyl (C=O) groups excluding carboxylic acids is 2. The van der Waals surface area contributed by atoms with Crippen molar-refractivity contribution in [2.45, 2.75) is 19.3 Å². The Balaban J connectivity index is 1.71. The molecule has 0 radical (unpaired) electrons. The molecule has 0 aliphatic carbocycles. The number of carbonyl (C=O) groups is 2. The highest BCUT2D eigenvalue weighted by Crippen LogP contribution is 2.24. The Morgan fingerprint density at radius 2 is 1.63 bits per heavy atom. The summed E-state index contributed by atoms with van der Waals surface area (Å²) in [4.78, 5) is 32.7. The molecule has 0 saturated carbocycles. The largest absolute Gasteiger partial charge is 0.450 e. The Morgan fingerprint density at radius 3 is 2.26 bits per heavy atom. The molecule has 1 unspecified atom stereocenters. The molecule has 6 heteroatoms. The molecule has 1 aliphatic rings. The molecule has 0 N–H and O–H groups in total. The van der Waals surface area contributed by atoms with Crippen LogP contribution >= 0.6 is 0 Å². The average molecular weight is 367 g/mol. The molecule has 1 atom stereocenters. The molecule has 3 rings (SSSR count). The molecule has 0 bridgehead atoms. The minimum Gasteiger partial charge on any atom is -0.450 e. The smallest absolute Gasteiger partial charge is 0.409 e. The van der Waals surface area contributed by atoms with Crippen molar-refractivity contribution in [2.24, 2.45) is 0 Å². The summed E-state index contributed by atoms with van der Waals surface area (Å²) in [5.74, 6) is -0.149. The van der Waals surface area contributed by atoms with Crippen LogP contribution in [0.25, 0.3) is 0 Å². The molecule has 6 nitrogen and oxygen atoms in total. The van der Waals surface area contributed by atoms with Gasteiger partial charge in [0, 0.05) is 38.6 Å². The quantitative estimate of drug-likeness (QED) is 0.815. The van der Waals surface area contributed by atoms with Gasteiger partial charge >= 0.3 is 6.09 Å². The fourth-order valence-electron chi connectivity index (χ4n) is 3.33. The summed E-state index contributed by atoms with van der Waals surface area (Å²) >= 11 is 0. The molecule has 1 fully saturated rings. The highest BCUT2D eigenvalue weighted by Gasteiger charge is 2.30. The van der Waals surface area contributed by atoms with Crippen LogP contribution in [0.1, 0.15) is 24.0 Å². The van der Waals surface area contributed by atoms with Crippen molar-refractivity contribution >= 4 is 12.0 Å². The molecule has 142 valence electrons. The third-order valence-corrected chi connectivity index (χ3v) is 4.81. The fourth-order valence-corrected chi connectivity index (χ4v) is 3.33. The third-order valence-electron chi connectivity index (χ3n) is 4.81. The summed E-state index contributed by atoms with van der Waals surface area (Å²) in [7, 11) is 0. The minimum absolute atomic E-state index is 0.0986. The molecule has 2 amide bonds. The van der Waals surface area contributed by atoms with Crippen LogP contribution in [0, 0.1) is 0 Å². The van der Waals surface area contributed by atoms with Gasteiger partial charge in [0.1, 0.15) is 0 Å². The topological polar surface area (TPSA) is 62.7 Å². The monoisotopic (exact) mass is 367 g/mol. The van der Waals surface area contributed by atoms with E-state index in [4.69, 9.17) is 4.74 Å². The van der Waals surface area contributed by atoms with Gasteiger partial charge in [-0.05, 0) is 36.6 Å². The van der Waals surface area contributed by atoms with Gasteiger partial charge in [-0.2, -0.15) is 0 Å². The van der Waals surface area contributed by atoms with E-state index in [-0.39, 0.29) is 17.9 Å². The van der Waals surface area contributed by atoms with Gasteiger partial charge in [0.25, 0.3) is 0 Å². The maximum absolute atomic E-state index is 13.3. The fraction of sp³-hybridized carbons (Fsp3) is 0.381.